The van der Waals surface area contributed by atoms with E-state index in [1.54, 1.807) is 6.33 Å². The number of benzene rings is 1. The third-order valence-electron chi connectivity index (χ3n) is 4.99. The van der Waals surface area contributed by atoms with E-state index in [1.807, 2.05) is 4.57 Å². The Morgan fingerprint density at radius 1 is 1.17 bits per heavy atom. The van der Waals surface area contributed by atoms with Gasteiger partial charge in [-0.3, -0.25) is 4.57 Å². The van der Waals surface area contributed by atoms with Crippen LogP contribution in [0.1, 0.15) is 37.5 Å². The quantitative estimate of drug-likeness (QED) is 0.585. The number of rotatable bonds is 6. The number of aliphatic hydroxyl groups excluding tert-OH is 1. The molecular weight excluding hydrogens is 399 g/mol. The summed E-state index contributed by atoms with van der Waals surface area (Å²) in [5.41, 5.74) is 1.28. The van der Waals surface area contributed by atoms with Gasteiger partial charge in [0.25, 0.3) is 0 Å². The number of alkyl halides is 3. The Morgan fingerprint density at radius 2 is 1.97 bits per heavy atom. The summed E-state index contributed by atoms with van der Waals surface area (Å²) in [4.78, 5) is 13.5. The van der Waals surface area contributed by atoms with Crippen molar-refractivity contribution < 1.29 is 23.0 Å². The highest BCUT2D eigenvalue weighted by molar-refractivity contribution is 5.88. The Bertz CT molecular complexity index is 998. The van der Waals surface area contributed by atoms with Crippen molar-refractivity contribution in [3.63, 3.8) is 0 Å². The molecule has 1 aromatic carbocycles. The normalized spacial score (nSPS) is 17.4. The lowest BCUT2D eigenvalue weighted by molar-refractivity contribution is -0.137. The second-order valence-electron chi connectivity index (χ2n) is 7.12. The molecule has 2 N–H and O–H groups in total. The maximum Gasteiger partial charge on any atom is 0.416 e. The van der Waals surface area contributed by atoms with E-state index >= 15 is 0 Å². The van der Waals surface area contributed by atoms with Crippen molar-refractivity contribution in [2.24, 2.45) is 0 Å². The van der Waals surface area contributed by atoms with Gasteiger partial charge >= 0.3 is 6.18 Å². The van der Waals surface area contributed by atoms with Crippen LogP contribution in [0.15, 0.2) is 30.6 Å². The molecule has 30 heavy (non-hydrogen) atoms. The molecule has 0 spiro atoms. The van der Waals surface area contributed by atoms with Crippen molar-refractivity contribution in [2.75, 3.05) is 25.1 Å². The molecule has 10 heteroatoms. The van der Waals surface area contributed by atoms with E-state index in [1.165, 1.54) is 12.1 Å². The van der Waals surface area contributed by atoms with E-state index in [0.717, 1.165) is 31.4 Å². The van der Waals surface area contributed by atoms with Crippen LogP contribution in [0.2, 0.25) is 0 Å². The molecule has 1 saturated heterocycles. The molecule has 2 aromatic heterocycles. The predicted molar refractivity (Wildman–Crippen MR) is 105 cm³/mol. The molecule has 0 radical (unpaired) electrons. The number of nitrogens with zero attached hydrogens (tertiary/aromatic N) is 4. The lowest BCUT2D eigenvalue weighted by Crippen LogP contribution is -2.18. The molecule has 160 valence electrons. The summed E-state index contributed by atoms with van der Waals surface area (Å²) in [5.74, 6) is 0.323. The Morgan fingerprint density at radius 3 is 2.63 bits per heavy atom. The molecule has 0 bridgehead atoms. The number of halogens is 3. The number of hydrogen-bond acceptors (Lipinski definition) is 6. The SMILES string of the molecule is OCCCNc1nc(-c2ccc(C(F)(F)F)cc2)c2ncn(C3CCCCO3)c2n1. The highest BCUT2D eigenvalue weighted by Gasteiger charge is 2.30. The monoisotopic (exact) mass is 421 g/mol. The number of anilines is 1. The van der Waals surface area contributed by atoms with Crippen LogP contribution in [0.4, 0.5) is 19.1 Å². The third-order valence-corrected chi connectivity index (χ3v) is 4.99. The van der Waals surface area contributed by atoms with Crippen molar-refractivity contribution >= 4 is 17.1 Å². The summed E-state index contributed by atoms with van der Waals surface area (Å²) < 4.78 is 46.5. The Labute approximate surface area is 170 Å². The lowest BCUT2D eigenvalue weighted by Gasteiger charge is -2.23. The van der Waals surface area contributed by atoms with Gasteiger partial charge in [-0.25, -0.2) is 9.97 Å². The van der Waals surface area contributed by atoms with Gasteiger partial charge in [0, 0.05) is 25.3 Å². The highest BCUT2D eigenvalue weighted by Crippen LogP contribution is 2.33. The molecule has 1 atom stereocenters. The first-order valence-electron chi connectivity index (χ1n) is 9.86. The second kappa shape index (κ2) is 8.57. The molecule has 1 aliphatic heterocycles. The van der Waals surface area contributed by atoms with Gasteiger partial charge in [-0.15, -0.1) is 0 Å². The lowest BCUT2D eigenvalue weighted by atomic mass is 10.1. The Balaban J connectivity index is 1.77. The fourth-order valence-corrected chi connectivity index (χ4v) is 3.45. The molecule has 1 fully saturated rings. The van der Waals surface area contributed by atoms with Crippen LogP contribution in [0.5, 0.6) is 0 Å². The van der Waals surface area contributed by atoms with Crippen LogP contribution in [-0.4, -0.2) is 44.4 Å². The largest absolute Gasteiger partial charge is 0.416 e. The smallest absolute Gasteiger partial charge is 0.396 e. The van der Waals surface area contributed by atoms with Crippen molar-refractivity contribution in [3.8, 4) is 11.3 Å². The van der Waals surface area contributed by atoms with Crippen molar-refractivity contribution in [1.29, 1.82) is 0 Å². The average Bonchev–Trinajstić information content (AvgIpc) is 3.17. The number of imidazole rings is 1. The number of aliphatic hydroxyl groups is 1. The third kappa shape index (κ3) is 4.24. The summed E-state index contributed by atoms with van der Waals surface area (Å²) in [7, 11) is 0. The van der Waals surface area contributed by atoms with Crippen LogP contribution < -0.4 is 5.32 Å². The summed E-state index contributed by atoms with van der Waals surface area (Å²) in [5, 5.41) is 12.1. The molecule has 3 heterocycles. The molecule has 1 unspecified atom stereocenters. The van der Waals surface area contributed by atoms with Crippen LogP contribution in [-0.2, 0) is 10.9 Å². The molecule has 0 saturated carbocycles. The van der Waals surface area contributed by atoms with E-state index in [2.05, 4.69) is 20.3 Å². The molecule has 0 amide bonds. The van der Waals surface area contributed by atoms with Gasteiger partial charge in [-0.1, -0.05) is 12.1 Å². The average molecular weight is 421 g/mol. The van der Waals surface area contributed by atoms with E-state index in [4.69, 9.17) is 9.84 Å². The van der Waals surface area contributed by atoms with Gasteiger partial charge in [-0.05, 0) is 37.8 Å². The van der Waals surface area contributed by atoms with Gasteiger partial charge in [0.2, 0.25) is 5.95 Å². The van der Waals surface area contributed by atoms with Crippen LogP contribution in [0, 0.1) is 0 Å². The minimum absolute atomic E-state index is 0.0227. The van der Waals surface area contributed by atoms with Gasteiger partial charge in [0.05, 0.1) is 11.9 Å². The van der Waals surface area contributed by atoms with E-state index in [0.29, 0.717) is 47.9 Å². The van der Waals surface area contributed by atoms with Gasteiger partial charge in [0.1, 0.15) is 17.4 Å². The number of nitrogens with one attached hydrogen (secondary N) is 1. The molecule has 3 aromatic rings. The summed E-state index contributed by atoms with van der Waals surface area (Å²) >= 11 is 0. The summed E-state index contributed by atoms with van der Waals surface area (Å²) in [6.45, 7) is 1.14. The molecule has 1 aliphatic rings. The first-order chi connectivity index (χ1) is 14.5. The minimum Gasteiger partial charge on any atom is -0.396 e. The number of ether oxygens (including phenoxy) is 1. The van der Waals surface area contributed by atoms with Crippen LogP contribution in [0.3, 0.4) is 0 Å². The maximum absolute atomic E-state index is 12.9. The summed E-state index contributed by atoms with van der Waals surface area (Å²) in [6.07, 6.45) is 0.424. The highest BCUT2D eigenvalue weighted by atomic mass is 19.4. The van der Waals surface area contributed by atoms with Gasteiger partial charge < -0.3 is 15.2 Å². The number of hydrogen-bond donors (Lipinski definition) is 2. The second-order valence-corrected chi connectivity index (χ2v) is 7.12. The van der Waals surface area contributed by atoms with E-state index < -0.39 is 11.7 Å². The molecule has 7 nitrogen and oxygen atoms in total. The molecular formula is C20H22F3N5O2. The predicted octanol–water partition coefficient (Wildman–Crippen LogP) is 4.01. The maximum atomic E-state index is 12.9. The van der Waals surface area contributed by atoms with Crippen molar-refractivity contribution in [3.05, 3.63) is 36.2 Å². The standard InChI is InChI=1S/C20H22F3N5O2/c21-20(22,23)14-7-5-13(6-8-14)16-17-18(27-19(26-16)24-9-3-10-29)28(12-25-17)15-4-1-2-11-30-15/h5-8,12,15,29H,1-4,9-11H2,(H,24,26,27). The molecule has 0 aliphatic carbocycles. The fourth-order valence-electron chi connectivity index (χ4n) is 3.45. The van der Waals surface area contributed by atoms with Crippen LogP contribution in [0.25, 0.3) is 22.4 Å². The Hall–Kier alpha value is -2.72. The minimum atomic E-state index is -4.41. The molecule has 4 rings (SSSR count). The summed E-state index contributed by atoms with van der Waals surface area (Å²) in [6, 6.07) is 4.84. The first-order valence-corrected chi connectivity index (χ1v) is 9.86. The van der Waals surface area contributed by atoms with Gasteiger partial charge in [0.15, 0.2) is 5.65 Å². The Kier molecular flexibility index (Phi) is 5.87. The zero-order chi connectivity index (χ0) is 21.1. The number of aromatic nitrogens is 4. The zero-order valence-corrected chi connectivity index (χ0v) is 16.2. The van der Waals surface area contributed by atoms with Crippen molar-refractivity contribution in [2.45, 2.75) is 38.1 Å². The van der Waals surface area contributed by atoms with E-state index in [9.17, 15) is 13.2 Å². The van der Waals surface area contributed by atoms with E-state index in [-0.39, 0.29) is 12.8 Å². The van der Waals surface area contributed by atoms with Crippen molar-refractivity contribution in [1.82, 2.24) is 19.5 Å². The number of fused-ring (bicyclic) bond motifs is 1. The first kappa shape index (κ1) is 20.5. The fraction of sp³-hybridized carbons (Fsp3) is 0.450. The van der Waals surface area contributed by atoms with Crippen LogP contribution >= 0.6 is 0 Å². The topological polar surface area (TPSA) is 85.1 Å². The zero-order valence-electron chi connectivity index (χ0n) is 16.2. The van der Waals surface area contributed by atoms with Gasteiger partial charge in [-0.2, -0.15) is 18.2 Å².